The van der Waals surface area contributed by atoms with Crippen LogP contribution in [0.25, 0.3) is 28.1 Å². The van der Waals surface area contributed by atoms with Crippen molar-refractivity contribution in [2.45, 2.75) is 13.1 Å². The molecule has 0 spiro atoms. The number of nitrogens with zero attached hydrogens (tertiary/aromatic N) is 4. The molecule has 28 heavy (non-hydrogen) atoms. The topological polar surface area (TPSA) is 92.0 Å². The summed E-state index contributed by atoms with van der Waals surface area (Å²) in [6, 6.07) is 8.35. The maximum absolute atomic E-state index is 13.7. The highest BCUT2D eigenvalue weighted by atomic mass is 19.4. The Hall–Kier alpha value is -3.56. The molecule has 1 aromatic carbocycles. The third-order valence-corrected chi connectivity index (χ3v) is 3.99. The average molecular weight is 389 g/mol. The first-order valence-corrected chi connectivity index (χ1v) is 8.29. The smallest absolute Gasteiger partial charge is 0.436 e. The summed E-state index contributed by atoms with van der Waals surface area (Å²) in [6.07, 6.45) is -2.09. The quantitative estimate of drug-likeness (QED) is 0.566. The number of aromatic nitrogens is 4. The second-order valence-electron chi connectivity index (χ2n) is 5.78. The lowest BCUT2D eigenvalue weighted by Gasteiger charge is -2.08. The molecule has 2 N–H and O–H groups in total. The maximum Gasteiger partial charge on any atom is 0.436 e. The second kappa shape index (κ2) is 6.55. The number of ether oxygens (including phenoxy) is 1. The fourth-order valence-electron chi connectivity index (χ4n) is 2.84. The van der Waals surface area contributed by atoms with Gasteiger partial charge in [0.2, 0.25) is 5.82 Å². The summed E-state index contributed by atoms with van der Waals surface area (Å²) < 4.78 is 52.9. The van der Waals surface area contributed by atoms with E-state index in [1.165, 1.54) is 18.5 Å². The van der Waals surface area contributed by atoms with Gasteiger partial charge in [0, 0.05) is 17.8 Å². The molecule has 0 unspecified atom stereocenters. The van der Waals surface area contributed by atoms with E-state index in [1.807, 2.05) is 0 Å². The normalized spacial score (nSPS) is 11.9. The number of nitrogen functional groups attached to an aromatic ring is 1. The Bertz CT molecular complexity index is 1120. The van der Waals surface area contributed by atoms with E-state index in [1.54, 1.807) is 31.2 Å². The SMILES string of the molecule is CCOc1nccnc1-n1nc(C(F)(F)F)c(-c2cc3ccccc3o2)c1N. The number of hydrogen-bond acceptors (Lipinski definition) is 6. The Balaban J connectivity index is 1.97. The van der Waals surface area contributed by atoms with Crippen LogP contribution in [0, 0.1) is 0 Å². The maximum atomic E-state index is 13.7. The summed E-state index contributed by atoms with van der Waals surface area (Å²) >= 11 is 0. The van der Waals surface area contributed by atoms with Crippen molar-refractivity contribution in [3.63, 3.8) is 0 Å². The van der Waals surface area contributed by atoms with Crippen LogP contribution >= 0.6 is 0 Å². The summed E-state index contributed by atoms with van der Waals surface area (Å²) in [5, 5.41) is 4.31. The number of halogens is 3. The molecule has 0 saturated carbocycles. The Morgan fingerprint density at radius 2 is 1.93 bits per heavy atom. The molecule has 4 aromatic rings. The number of fused-ring (bicyclic) bond motifs is 1. The van der Waals surface area contributed by atoms with Crippen molar-refractivity contribution < 1.29 is 22.3 Å². The first-order chi connectivity index (χ1) is 13.4. The third-order valence-electron chi connectivity index (χ3n) is 3.99. The molecule has 0 atom stereocenters. The van der Waals surface area contributed by atoms with Crippen molar-refractivity contribution in [2.75, 3.05) is 12.3 Å². The number of rotatable bonds is 4. The second-order valence-corrected chi connectivity index (χ2v) is 5.78. The summed E-state index contributed by atoms with van der Waals surface area (Å²) in [6.45, 7) is 1.96. The van der Waals surface area contributed by atoms with E-state index in [2.05, 4.69) is 15.1 Å². The van der Waals surface area contributed by atoms with Crippen LogP contribution in [0.15, 0.2) is 47.1 Å². The molecular formula is C18H14F3N5O2. The fraction of sp³-hybridized carbons (Fsp3) is 0.167. The number of para-hydroxylation sites is 1. The van der Waals surface area contributed by atoms with Gasteiger partial charge in [-0.25, -0.2) is 9.97 Å². The van der Waals surface area contributed by atoms with Crippen LogP contribution < -0.4 is 10.5 Å². The molecule has 3 heterocycles. The van der Waals surface area contributed by atoms with Gasteiger partial charge in [0.25, 0.3) is 5.88 Å². The van der Waals surface area contributed by atoms with Crippen LogP contribution in [0.5, 0.6) is 5.88 Å². The predicted octanol–water partition coefficient (Wildman–Crippen LogP) is 4.08. The molecule has 0 radical (unpaired) electrons. The molecule has 10 heteroatoms. The minimum atomic E-state index is -4.76. The predicted molar refractivity (Wildman–Crippen MR) is 94.9 cm³/mol. The first-order valence-electron chi connectivity index (χ1n) is 8.29. The lowest BCUT2D eigenvalue weighted by molar-refractivity contribution is -0.140. The molecule has 0 aliphatic carbocycles. The Morgan fingerprint density at radius 1 is 1.18 bits per heavy atom. The molecule has 0 fully saturated rings. The summed E-state index contributed by atoms with van der Waals surface area (Å²) in [5.74, 6) is -0.356. The van der Waals surface area contributed by atoms with E-state index in [0.717, 1.165) is 4.68 Å². The van der Waals surface area contributed by atoms with E-state index >= 15 is 0 Å². The lowest BCUT2D eigenvalue weighted by Crippen LogP contribution is -2.10. The van der Waals surface area contributed by atoms with Crippen LogP contribution in [0.2, 0.25) is 0 Å². The van der Waals surface area contributed by atoms with Gasteiger partial charge >= 0.3 is 6.18 Å². The highest BCUT2D eigenvalue weighted by Gasteiger charge is 2.41. The largest absolute Gasteiger partial charge is 0.475 e. The molecule has 3 aromatic heterocycles. The van der Waals surface area contributed by atoms with Gasteiger partial charge in [-0.15, -0.1) is 0 Å². The number of furan rings is 1. The van der Waals surface area contributed by atoms with Crippen LogP contribution in [-0.2, 0) is 6.18 Å². The van der Waals surface area contributed by atoms with Crippen molar-refractivity contribution in [1.29, 1.82) is 0 Å². The van der Waals surface area contributed by atoms with E-state index in [0.29, 0.717) is 11.0 Å². The first kappa shape index (κ1) is 17.8. The third kappa shape index (κ3) is 2.92. The van der Waals surface area contributed by atoms with Crippen LogP contribution in [0.3, 0.4) is 0 Å². The summed E-state index contributed by atoms with van der Waals surface area (Å²) in [4.78, 5) is 8.03. The summed E-state index contributed by atoms with van der Waals surface area (Å²) in [5.41, 5.74) is 4.96. The zero-order chi connectivity index (χ0) is 19.9. The number of alkyl halides is 3. The van der Waals surface area contributed by atoms with Gasteiger partial charge in [0.1, 0.15) is 17.2 Å². The van der Waals surface area contributed by atoms with Crippen molar-refractivity contribution >= 4 is 16.8 Å². The number of benzene rings is 1. The molecular weight excluding hydrogens is 375 g/mol. The lowest BCUT2D eigenvalue weighted by atomic mass is 10.1. The van der Waals surface area contributed by atoms with Crippen LogP contribution in [0.4, 0.5) is 19.0 Å². The summed E-state index contributed by atoms with van der Waals surface area (Å²) in [7, 11) is 0. The van der Waals surface area contributed by atoms with Crippen molar-refractivity contribution in [2.24, 2.45) is 0 Å². The highest BCUT2D eigenvalue weighted by Crippen LogP contribution is 2.42. The minimum Gasteiger partial charge on any atom is -0.475 e. The fourth-order valence-corrected chi connectivity index (χ4v) is 2.84. The number of anilines is 1. The molecule has 144 valence electrons. The van der Waals surface area contributed by atoms with Crippen LogP contribution in [0.1, 0.15) is 12.6 Å². The van der Waals surface area contributed by atoms with Gasteiger partial charge < -0.3 is 14.9 Å². The van der Waals surface area contributed by atoms with Gasteiger partial charge in [0.15, 0.2) is 5.69 Å². The standard InChI is InChI=1S/C18H14F3N5O2/c1-2-27-17-16(23-7-8-24-17)26-15(22)13(14(25-26)18(19,20)21)12-9-10-5-3-4-6-11(10)28-12/h3-9H,2,22H2,1H3. The zero-order valence-corrected chi connectivity index (χ0v) is 14.6. The molecule has 0 aliphatic heterocycles. The minimum absolute atomic E-state index is 0.0177. The average Bonchev–Trinajstić information content (AvgIpc) is 3.23. The van der Waals surface area contributed by atoms with E-state index in [4.69, 9.17) is 14.9 Å². The monoisotopic (exact) mass is 389 g/mol. The zero-order valence-electron chi connectivity index (χ0n) is 14.6. The van der Waals surface area contributed by atoms with Gasteiger partial charge in [-0.3, -0.25) is 0 Å². The van der Waals surface area contributed by atoms with E-state index < -0.39 is 11.9 Å². The molecule has 0 amide bonds. The Labute approximate surface area is 156 Å². The van der Waals surface area contributed by atoms with Crippen molar-refractivity contribution in [1.82, 2.24) is 19.7 Å². The Morgan fingerprint density at radius 3 is 2.64 bits per heavy atom. The molecule has 0 bridgehead atoms. The Kier molecular flexibility index (Phi) is 4.17. The van der Waals surface area contributed by atoms with Crippen molar-refractivity contribution in [3.8, 4) is 23.0 Å². The van der Waals surface area contributed by atoms with Gasteiger partial charge in [-0.1, -0.05) is 18.2 Å². The van der Waals surface area contributed by atoms with Crippen molar-refractivity contribution in [3.05, 3.63) is 48.4 Å². The molecule has 0 aliphatic rings. The van der Waals surface area contributed by atoms with E-state index in [9.17, 15) is 13.2 Å². The molecule has 0 saturated heterocycles. The van der Waals surface area contributed by atoms with Gasteiger partial charge in [-0.05, 0) is 19.1 Å². The molecule has 4 rings (SSSR count). The van der Waals surface area contributed by atoms with Gasteiger partial charge in [0.05, 0.1) is 12.2 Å². The van der Waals surface area contributed by atoms with Gasteiger partial charge in [-0.2, -0.15) is 23.0 Å². The highest BCUT2D eigenvalue weighted by molar-refractivity contribution is 5.86. The van der Waals surface area contributed by atoms with E-state index in [-0.39, 0.29) is 35.4 Å². The number of hydrogen-bond donors (Lipinski definition) is 1. The number of nitrogens with two attached hydrogens (primary N) is 1. The van der Waals surface area contributed by atoms with Crippen LogP contribution in [-0.4, -0.2) is 26.4 Å². The molecule has 7 nitrogen and oxygen atoms in total.